The summed E-state index contributed by atoms with van der Waals surface area (Å²) in [5.74, 6) is -0.0908. The second kappa shape index (κ2) is 5.64. The summed E-state index contributed by atoms with van der Waals surface area (Å²) >= 11 is 5.95. The Morgan fingerprint density at radius 1 is 1.50 bits per heavy atom. The van der Waals surface area contributed by atoms with Gasteiger partial charge in [0.15, 0.2) is 0 Å². The monoisotopic (exact) mass is 290 g/mol. The van der Waals surface area contributed by atoms with Crippen LogP contribution in [0, 0.1) is 0 Å². The van der Waals surface area contributed by atoms with E-state index in [-0.39, 0.29) is 11.9 Å². The van der Waals surface area contributed by atoms with Crippen LogP contribution in [0.3, 0.4) is 0 Å². The molecule has 1 fully saturated rings. The molecule has 1 aliphatic heterocycles. The standard InChI is InChI=1S/C14H15ClN4O/c15-11-2-1-3-13(6-11)19-9-10(7-17-19)14(20)18-12-4-5-16-8-12/h1-3,6-7,9,12,16H,4-5,8H2,(H,18,20). The van der Waals surface area contributed by atoms with E-state index in [0.717, 1.165) is 25.2 Å². The summed E-state index contributed by atoms with van der Waals surface area (Å²) < 4.78 is 1.65. The minimum atomic E-state index is -0.0908. The van der Waals surface area contributed by atoms with Crippen LogP contribution in [0.5, 0.6) is 0 Å². The molecule has 2 heterocycles. The highest BCUT2D eigenvalue weighted by atomic mass is 35.5. The molecular formula is C14H15ClN4O. The van der Waals surface area contributed by atoms with Crippen LogP contribution in [0.4, 0.5) is 0 Å². The van der Waals surface area contributed by atoms with Gasteiger partial charge in [0.25, 0.3) is 5.91 Å². The van der Waals surface area contributed by atoms with Gasteiger partial charge in [-0.05, 0) is 31.2 Å². The van der Waals surface area contributed by atoms with E-state index in [1.165, 1.54) is 0 Å². The predicted molar refractivity (Wildman–Crippen MR) is 77.3 cm³/mol. The van der Waals surface area contributed by atoms with E-state index in [1.54, 1.807) is 29.2 Å². The largest absolute Gasteiger partial charge is 0.348 e. The first-order valence-corrected chi connectivity index (χ1v) is 6.92. The molecule has 0 radical (unpaired) electrons. The third-order valence-electron chi connectivity index (χ3n) is 3.31. The Morgan fingerprint density at radius 2 is 2.40 bits per heavy atom. The van der Waals surface area contributed by atoms with Gasteiger partial charge in [-0.1, -0.05) is 17.7 Å². The molecular weight excluding hydrogens is 276 g/mol. The highest BCUT2D eigenvalue weighted by Crippen LogP contribution is 2.14. The van der Waals surface area contributed by atoms with Gasteiger partial charge >= 0.3 is 0 Å². The molecule has 3 rings (SSSR count). The lowest BCUT2D eigenvalue weighted by molar-refractivity contribution is 0.0940. The van der Waals surface area contributed by atoms with Gasteiger partial charge in [0, 0.05) is 23.8 Å². The number of benzene rings is 1. The van der Waals surface area contributed by atoms with Gasteiger partial charge in [-0.15, -0.1) is 0 Å². The average molecular weight is 291 g/mol. The van der Waals surface area contributed by atoms with E-state index in [9.17, 15) is 4.79 Å². The smallest absolute Gasteiger partial charge is 0.254 e. The lowest BCUT2D eigenvalue weighted by Gasteiger charge is -2.09. The number of carbonyl (C=O) groups excluding carboxylic acids is 1. The lowest BCUT2D eigenvalue weighted by Crippen LogP contribution is -2.36. The number of halogens is 1. The first-order chi connectivity index (χ1) is 9.72. The van der Waals surface area contributed by atoms with Crippen molar-refractivity contribution in [1.82, 2.24) is 20.4 Å². The quantitative estimate of drug-likeness (QED) is 0.903. The topological polar surface area (TPSA) is 59.0 Å². The Labute approximate surface area is 121 Å². The molecule has 0 spiro atoms. The van der Waals surface area contributed by atoms with Gasteiger partial charge in [0.2, 0.25) is 0 Å². The normalized spacial score (nSPS) is 18.1. The predicted octanol–water partition coefficient (Wildman–Crippen LogP) is 1.62. The second-order valence-corrected chi connectivity index (χ2v) is 5.25. The molecule has 5 nitrogen and oxygen atoms in total. The zero-order valence-corrected chi connectivity index (χ0v) is 11.6. The number of rotatable bonds is 3. The number of aromatic nitrogens is 2. The van der Waals surface area contributed by atoms with E-state index in [4.69, 9.17) is 11.6 Å². The third-order valence-corrected chi connectivity index (χ3v) is 3.55. The van der Waals surface area contributed by atoms with Crippen molar-refractivity contribution < 1.29 is 4.79 Å². The Bertz CT molecular complexity index is 619. The fourth-order valence-electron chi connectivity index (χ4n) is 2.25. The Hall–Kier alpha value is -1.85. The molecule has 2 N–H and O–H groups in total. The van der Waals surface area contributed by atoms with Crippen molar-refractivity contribution in [2.75, 3.05) is 13.1 Å². The van der Waals surface area contributed by atoms with Crippen LogP contribution in [-0.4, -0.2) is 34.8 Å². The highest BCUT2D eigenvalue weighted by Gasteiger charge is 2.18. The molecule has 1 amide bonds. The summed E-state index contributed by atoms with van der Waals surface area (Å²) in [6.07, 6.45) is 4.25. The summed E-state index contributed by atoms with van der Waals surface area (Å²) in [7, 11) is 0. The number of amides is 1. The molecule has 1 saturated heterocycles. The fourth-order valence-corrected chi connectivity index (χ4v) is 2.43. The number of carbonyl (C=O) groups is 1. The van der Waals surface area contributed by atoms with Gasteiger partial charge in [-0.3, -0.25) is 4.79 Å². The summed E-state index contributed by atoms with van der Waals surface area (Å²) in [5, 5.41) is 11.1. The number of nitrogens with one attached hydrogen (secondary N) is 2. The van der Waals surface area contributed by atoms with Crippen molar-refractivity contribution in [1.29, 1.82) is 0 Å². The minimum absolute atomic E-state index is 0.0908. The fraction of sp³-hybridized carbons (Fsp3) is 0.286. The van der Waals surface area contributed by atoms with Gasteiger partial charge in [-0.25, -0.2) is 4.68 Å². The average Bonchev–Trinajstić information content (AvgIpc) is 3.09. The van der Waals surface area contributed by atoms with E-state index < -0.39 is 0 Å². The second-order valence-electron chi connectivity index (χ2n) is 4.82. The van der Waals surface area contributed by atoms with Crippen LogP contribution in [0.15, 0.2) is 36.7 Å². The summed E-state index contributed by atoms with van der Waals surface area (Å²) in [6.45, 7) is 1.78. The first kappa shape index (κ1) is 13.1. The zero-order valence-electron chi connectivity index (χ0n) is 10.8. The van der Waals surface area contributed by atoms with E-state index in [2.05, 4.69) is 15.7 Å². The minimum Gasteiger partial charge on any atom is -0.348 e. The van der Waals surface area contributed by atoms with Crippen molar-refractivity contribution in [2.45, 2.75) is 12.5 Å². The summed E-state index contributed by atoms with van der Waals surface area (Å²) in [4.78, 5) is 12.1. The van der Waals surface area contributed by atoms with Crippen LogP contribution in [-0.2, 0) is 0 Å². The third kappa shape index (κ3) is 2.84. The zero-order chi connectivity index (χ0) is 13.9. The maximum Gasteiger partial charge on any atom is 0.254 e. The summed E-state index contributed by atoms with van der Waals surface area (Å²) in [6, 6.07) is 7.55. The molecule has 0 saturated carbocycles. The molecule has 104 valence electrons. The van der Waals surface area contributed by atoms with E-state index in [1.807, 2.05) is 12.1 Å². The van der Waals surface area contributed by atoms with Gasteiger partial charge in [0.05, 0.1) is 17.4 Å². The molecule has 0 aliphatic carbocycles. The highest BCUT2D eigenvalue weighted by molar-refractivity contribution is 6.30. The van der Waals surface area contributed by atoms with Crippen molar-refractivity contribution in [3.8, 4) is 5.69 Å². The van der Waals surface area contributed by atoms with Crippen LogP contribution < -0.4 is 10.6 Å². The Kier molecular flexibility index (Phi) is 3.71. The lowest BCUT2D eigenvalue weighted by atomic mass is 10.2. The molecule has 1 aromatic heterocycles. The molecule has 1 atom stereocenters. The van der Waals surface area contributed by atoms with Crippen molar-refractivity contribution in [3.63, 3.8) is 0 Å². The number of hydrogen-bond acceptors (Lipinski definition) is 3. The maximum atomic E-state index is 12.1. The van der Waals surface area contributed by atoms with Gasteiger partial charge in [0.1, 0.15) is 0 Å². The molecule has 1 aliphatic rings. The number of nitrogens with zero attached hydrogens (tertiary/aromatic N) is 2. The molecule has 1 unspecified atom stereocenters. The van der Waals surface area contributed by atoms with E-state index >= 15 is 0 Å². The van der Waals surface area contributed by atoms with Gasteiger partial charge in [-0.2, -0.15) is 5.10 Å². The van der Waals surface area contributed by atoms with Crippen LogP contribution in [0.25, 0.3) is 5.69 Å². The van der Waals surface area contributed by atoms with Crippen molar-refractivity contribution in [2.24, 2.45) is 0 Å². The Morgan fingerprint density at radius 3 is 3.15 bits per heavy atom. The van der Waals surface area contributed by atoms with E-state index in [0.29, 0.717) is 10.6 Å². The Balaban J connectivity index is 1.74. The molecule has 6 heteroatoms. The van der Waals surface area contributed by atoms with Gasteiger partial charge < -0.3 is 10.6 Å². The van der Waals surface area contributed by atoms with Crippen LogP contribution in [0.1, 0.15) is 16.8 Å². The first-order valence-electron chi connectivity index (χ1n) is 6.54. The molecule has 1 aromatic carbocycles. The van der Waals surface area contributed by atoms with Crippen LogP contribution in [0.2, 0.25) is 5.02 Å². The molecule has 20 heavy (non-hydrogen) atoms. The van der Waals surface area contributed by atoms with Crippen molar-refractivity contribution in [3.05, 3.63) is 47.2 Å². The number of hydrogen-bond donors (Lipinski definition) is 2. The maximum absolute atomic E-state index is 12.1. The van der Waals surface area contributed by atoms with Crippen molar-refractivity contribution >= 4 is 17.5 Å². The van der Waals surface area contributed by atoms with Crippen LogP contribution >= 0.6 is 11.6 Å². The molecule has 2 aromatic rings. The summed E-state index contributed by atoms with van der Waals surface area (Å²) in [5.41, 5.74) is 1.39. The molecule has 0 bridgehead atoms. The SMILES string of the molecule is O=C(NC1CCNC1)c1cnn(-c2cccc(Cl)c2)c1.